The molecule has 0 atom stereocenters. The molecule has 0 aromatic rings. The van der Waals surface area contributed by atoms with E-state index in [1.165, 1.54) is 0 Å². The molecule has 0 bridgehead atoms. The highest BCUT2D eigenvalue weighted by Crippen LogP contribution is 2.17. The Morgan fingerprint density at radius 3 is 2.50 bits per heavy atom. The molecule has 58 valence electrons. The van der Waals surface area contributed by atoms with Gasteiger partial charge in [0, 0.05) is 5.41 Å². The lowest BCUT2D eigenvalue weighted by molar-refractivity contribution is 0.493. The molecule has 0 N–H and O–H groups in total. The van der Waals surface area contributed by atoms with Gasteiger partial charge >= 0.3 is 0 Å². The molecule has 0 aromatic carbocycles. The number of nitrogens with zero attached hydrogens (tertiary/aromatic N) is 1. The summed E-state index contributed by atoms with van der Waals surface area (Å²) in [7, 11) is 0. The lowest BCUT2D eigenvalue weighted by Crippen LogP contribution is -2.10. The lowest BCUT2D eigenvalue weighted by atomic mass is 9.93. The number of rotatable bonds is 4. The fourth-order valence-electron chi connectivity index (χ4n) is 0.656. The average molecular weight is 141 g/mol. The smallest absolute Gasteiger partial charge is 0.0896 e. The molecule has 2 nitrogen and oxygen atoms in total. The summed E-state index contributed by atoms with van der Waals surface area (Å²) in [5, 5.41) is 2.86. The van der Waals surface area contributed by atoms with Gasteiger partial charge in [-0.25, -0.2) is 0 Å². The minimum absolute atomic E-state index is 0.0578. The van der Waals surface area contributed by atoms with Crippen LogP contribution in [-0.4, -0.2) is 6.54 Å². The zero-order chi connectivity index (χ0) is 8.04. The van der Waals surface area contributed by atoms with Crippen LogP contribution in [0.1, 0.15) is 27.2 Å². The zero-order valence-electron chi connectivity index (χ0n) is 6.92. The van der Waals surface area contributed by atoms with Crippen LogP contribution in [0.25, 0.3) is 0 Å². The first kappa shape index (κ1) is 9.34. The van der Waals surface area contributed by atoms with E-state index in [1.54, 1.807) is 0 Å². The Labute approximate surface area is 62.3 Å². The Bertz CT molecular complexity index is 127. The number of hydrogen-bond acceptors (Lipinski definition) is 2. The van der Waals surface area contributed by atoms with E-state index in [2.05, 4.69) is 18.2 Å². The standard InChI is InChI=1S/C8H15NO/c1-4-5-6-8(2,3)7-9-10/h5-6H,4,7H2,1-3H3/b6-5-. The molecule has 0 saturated heterocycles. The minimum atomic E-state index is -0.0578. The first-order valence-corrected chi connectivity index (χ1v) is 3.59. The van der Waals surface area contributed by atoms with Gasteiger partial charge in [-0.15, -0.1) is 0 Å². The van der Waals surface area contributed by atoms with Gasteiger partial charge in [0.05, 0.1) is 6.54 Å². The minimum Gasteiger partial charge on any atom is -0.151 e. The van der Waals surface area contributed by atoms with Crippen LogP contribution in [-0.2, 0) is 0 Å². The monoisotopic (exact) mass is 141 g/mol. The second-order valence-electron chi connectivity index (χ2n) is 3.09. The Hall–Kier alpha value is -0.660. The van der Waals surface area contributed by atoms with Crippen LogP contribution in [0.2, 0.25) is 0 Å². The van der Waals surface area contributed by atoms with E-state index in [4.69, 9.17) is 0 Å². The Kier molecular flexibility index (Phi) is 3.93. The van der Waals surface area contributed by atoms with Crippen LogP contribution in [0.15, 0.2) is 17.3 Å². The van der Waals surface area contributed by atoms with Crippen LogP contribution in [0.3, 0.4) is 0 Å². The fraction of sp³-hybridized carbons (Fsp3) is 0.750. The summed E-state index contributed by atoms with van der Waals surface area (Å²) in [6, 6.07) is 0. The highest BCUT2D eigenvalue weighted by Gasteiger charge is 2.12. The molecule has 0 heterocycles. The van der Waals surface area contributed by atoms with E-state index in [9.17, 15) is 4.91 Å². The van der Waals surface area contributed by atoms with Crippen molar-refractivity contribution in [3.63, 3.8) is 0 Å². The van der Waals surface area contributed by atoms with Crippen LogP contribution in [0.4, 0.5) is 0 Å². The summed E-state index contributed by atoms with van der Waals surface area (Å²) in [6.07, 6.45) is 5.11. The summed E-state index contributed by atoms with van der Waals surface area (Å²) >= 11 is 0. The van der Waals surface area contributed by atoms with Crippen LogP contribution >= 0.6 is 0 Å². The largest absolute Gasteiger partial charge is 0.151 e. The second-order valence-corrected chi connectivity index (χ2v) is 3.09. The molecular formula is C8H15NO. The molecule has 0 aliphatic carbocycles. The van der Waals surface area contributed by atoms with Crippen LogP contribution in [0, 0.1) is 10.3 Å². The highest BCUT2D eigenvalue weighted by atomic mass is 16.3. The number of nitroso groups, excluding NO2 is 1. The quantitative estimate of drug-likeness (QED) is 0.437. The van der Waals surface area contributed by atoms with Gasteiger partial charge in [0.2, 0.25) is 0 Å². The molecule has 0 rings (SSSR count). The van der Waals surface area contributed by atoms with E-state index in [-0.39, 0.29) is 5.41 Å². The van der Waals surface area contributed by atoms with Crippen LogP contribution in [0.5, 0.6) is 0 Å². The molecule has 0 saturated carbocycles. The maximum Gasteiger partial charge on any atom is 0.0896 e. The summed E-state index contributed by atoms with van der Waals surface area (Å²) in [5.41, 5.74) is -0.0578. The topological polar surface area (TPSA) is 29.4 Å². The van der Waals surface area contributed by atoms with Gasteiger partial charge in [0.15, 0.2) is 0 Å². The Morgan fingerprint density at radius 2 is 2.10 bits per heavy atom. The van der Waals surface area contributed by atoms with Crippen molar-refractivity contribution in [2.75, 3.05) is 6.54 Å². The third-order valence-corrected chi connectivity index (χ3v) is 1.28. The maximum atomic E-state index is 9.90. The molecule has 0 aliphatic rings. The summed E-state index contributed by atoms with van der Waals surface area (Å²) in [6.45, 7) is 6.44. The molecule has 2 heteroatoms. The molecule has 10 heavy (non-hydrogen) atoms. The van der Waals surface area contributed by atoms with E-state index in [0.29, 0.717) is 6.54 Å². The number of hydrogen-bond donors (Lipinski definition) is 0. The molecule has 0 amide bonds. The van der Waals surface area contributed by atoms with Crippen molar-refractivity contribution in [1.82, 2.24) is 0 Å². The first-order valence-electron chi connectivity index (χ1n) is 3.59. The fourth-order valence-corrected chi connectivity index (χ4v) is 0.656. The maximum absolute atomic E-state index is 9.90. The van der Waals surface area contributed by atoms with Crippen LogP contribution < -0.4 is 0 Å². The SMILES string of the molecule is CC/C=C\C(C)(C)CN=O. The predicted molar refractivity (Wildman–Crippen MR) is 43.9 cm³/mol. The first-order chi connectivity index (χ1) is 4.62. The average Bonchev–Trinajstić information content (AvgIpc) is 1.84. The number of allylic oxidation sites excluding steroid dienone is 1. The van der Waals surface area contributed by atoms with Gasteiger partial charge in [0.1, 0.15) is 0 Å². The molecular weight excluding hydrogens is 126 g/mol. The van der Waals surface area contributed by atoms with Gasteiger partial charge in [0.25, 0.3) is 0 Å². The normalized spacial score (nSPS) is 12.3. The molecule has 0 aliphatic heterocycles. The molecule has 0 radical (unpaired) electrons. The summed E-state index contributed by atoms with van der Waals surface area (Å²) < 4.78 is 0. The zero-order valence-corrected chi connectivity index (χ0v) is 6.92. The van der Waals surface area contributed by atoms with Gasteiger partial charge in [-0.1, -0.05) is 38.1 Å². The van der Waals surface area contributed by atoms with E-state index >= 15 is 0 Å². The Morgan fingerprint density at radius 1 is 1.50 bits per heavy atom. The van der Waals surface area contributed by atoms with Gasteiger partial charge < -0.3 is 0 Å². The molecule has 0 aromatic heterocycles. The summed E-state index contributed by atoms with van der Waals surface area (Å²) in [4.78, 5) is 9.90. The lowest BCUT2D eigenvalue weighted by Gasteiger charge is -2.14. The van der Waals surface area contributed by atoms with E-state index < -0.39 is 0 Å². The van der Waals surface area contributed by atoms with Gasteiger partial charge in [-0.3, -0.25) is 0 Å². The van der Waals surface area contributed by atoms with Crippen molar-refractivity contribution in [2.45, 2.75) is 27.2 Å². The van der Waals surface area contributed by atoms with Crippen molar-refractivity contribution in [2.24, 2.45) is 10.6 Å². The van der Waals surface area contributed by atoms with E-state index in [0.717, 1.165) is 6.42 Å². The molecule has 0 unspecified atom stereocenters. The van der Waals surface area contributed by atoms with Gasteiger partial charge in [-0.2, -0.15) is 4.91 Å². The molecule has 0 fully saturated rings. The molecule has 0 spiro atoms. The third kappa shape index (κ3) is 4.24. The third-order valence-electron chi connectivity index (χ3n) is 1.28. The second kappa shape index (κ2) is 4.20. The highest BCUT2D eigenvalue weighted by molar-refractivity contribution is 4.95. The van der Waals surface area contributed by atoms with Crippen molar-refractivity contribution in [3.05, 3.63) is 17.1 Å². The van der Waals surface area contributed by atoms with Crippen molar-refractivity contribution >= 4 is 0 Å². The predicted octanol–water partition coefficient (Wildman–Crippen LogP) is 2.75. The van der Waals surface area contributed by atoms with Crippen molar-refractivity contribution in [3.8, 4) is 0 Å². The van der Waals surface area contributed by atoms with Crippen molar-refractivity contribution in [1.29, 1.82) is 0 Å². The van der Waals surface area contributed by atoms with Gasteiger partial charge in [-0.05, 0) is 6.42 Å². The summed E-state index contributed by atoms with van der Waals surface area (Å²) in [5.74, 6) is 0. The van der Waals surface area contributed by atoms with E-state index in [1.807, 2.05) is 19.9 Å². The van der Waals surface area contributed by atoms with Crippen molar-refractivity contribution < 1.29 is 0 Å². The Balaban J connectivity index is 3.84.